The maximum absolute atomic E-state index is 13.6. The van der Waals surface area contributed by atoms with Crippen molar-refractivity contribution >= 4 is 23.2 Å². The number of imide groups is 1. The molecule has 0 N–H and O–H groups in total. The number of fused-ring (bicyclic) bond motifs is 1. The van der Waals surface area contributed by atoms with Crippen LogP contribution in [0.2, 0.25) is 0 Å². The zero-order chi connectivity index (χ0) is 21.5. The second-order valence-corrected chi connectivity index (χ2v) is 7.42. The largest absolute Gasteiger partial charge is 0.497 e. The highest BCUT2D eigenvalue weighted by molar-refractivity contribution is 6.23. The van der Waals surface area contributed by atoms with Gasteiger partial charge < -0.3 is 4.74 Å². The summed E-state index contributed by atoms with van der Waals surface area (Å²) in [6, 6.07) is 21.3. The molecule has 0 bridgehead atoms. The third-order valence-corrected chi connectivity index (χ3v) is 5.67. The summed E-state index contributed by atoms with van der Waals surface area (Å²) in [6.07, 6.45) is -0.968. The van der Waals surface area contributed by atoms with E-state index in [1.807, 2.05) is 30.3 Å². The number of carbonyl (C=O) groups is 2. The third-order valence-electron chi connectivity index (χ3n) is 5.67. The molecule has 2 heterocycles. The first kappa shape index (κ1) is 19.3. The molecule has 2 amide bonds. The molecule has 0 spiro atoms. The zero-order valence-electron chi connectivity index (χ0n) is 16.6. The highest BCUT2D eigenvalue weighted by Crippen LogP contribution is 2.47. The van der Waals surface area contributed by atoms with E-state index in [4.69, 9.17) is 9.57 Å². The number of anilines is 2. The van der Waals surface area contributed by atoms with Crippen LogP contribution in [0, 0.1) is 11.7 Å². The van der Waals surface area contributed by atoms with Gasteiger partial charge in [0.15, 0.2) is 6.10 Å². The predicted octanol–water partition coefficient (Wildman–Crippen LogP) is 3.89. The molecule has 6 nitrogen and oxygen atoms in total. The van der Waals surface area contributed by atoms with Crippen molar-refractivity contribution in [3.05, 3.63) is 90.2 Å². The number of para-hydroxylation sites is 1. The van der Waals surface area contributed by atoms with E-state index >= 15 is 0 Å². The molecule has 3 aromatic rings. The minimum atomic E-state index is -0.968. The lowest BCUT2D eigenvalue weighted by molar-refractivity contribution is -0.126. The summed E-state index contributed by atoms with van der Waals surface area (Å²) in [4.78, 5) is 33.9. The van der Waals surface area contributed by atoms with E-state index in [0.717, 1.165) is 4.90 Å². The maximum Gasteiger partial charge on any atom is 0.266 e. The minimum Gasteiger partial charge on any atom is -0.497 e. The summed E-state index contributed by atoms with van der Waals surface area (Å²) < 4.78 is 18.7. The highest BCUT2D eigenvalue weighted by atomic mass is 19.1. The van der Waals surface area contributed by atoms with Gasteiger partial charge in [-0.25, -0.2) is 14.4 Å². The van der Waals surface area contributed by atoms with Crippen molar-refractivity contribution in [2.75, 3.05) is 17.1 Å². The van der Waals surface area contributed by atoms with Crippen LogP contribution in [0.1, 0.15) is 11.6 Å². The third kappa shape index (κ3) is 3.14. The van der Waals surface area contributed by atoms with Crippen molar-refractivity contribution in [3.8, 4) is 5.75 Å². The Labute approximate surface area is 178 Å². The number of carbonyl (C=O) groups excluding carboxylic acids is 2. The standard InChI is InChI=1S/C24H19FN2O4/c1-30-19-13-11-17(12-14-19)26-23(28)20-21(15-7-9-16(25)10-8-15)27(31-22(20)24(26)29)18-5-3-2-4-6-18/h2-14,20-22H,1H3/t20-,21-,22-/m0/s1. The van der Waals surface area contributed by atoms with Gasteiger partial charge in [-0.05, 0) is 54.1 Å². The fraction of sp³-hybridized carbons (Fsp3) is 0.167. The van der Waals surface area contributed by atoms with Crippen molar-refractivity contribution in [1.29, 1.82) is 0 Å². The summed E-state index contributed by atoms with van der Waals surface area (Å²) in [7, 11) is 1.55. The highest BCUT2D eigenvalue weighted by Gasteiger charge is 2.60. The molecule has 3 atom stereocenters. The number of nitrogens with zero attached hydrogens (tertiary/aromatic N) is 2. The van der Waals surface area contributed by atoms with Crippen molar-refractivity contribution in [3.63, 3.8) is 0 Å². The second kappa shape index (κ2) is 7.52. The first-order valence-corrected chi connectivity index (χ1v) is 9.87. The Morgan fingerprint density at radius 1 is 0.839 bits per heavy atom. The Morgan fingerprint density at radius 2 is 1.52 bits per heavy atom. The number of benzene rings is 3. The van der Waals surface area contributed by atoms with Gasteiger partial charge in [0.05, 0.1) is 24.5 Å². The van der Waals surface area contributed by atoms with E-state index < -0.39 is 24.0 Å². The molecule has 5 rings (SSSR count). The Hall–Kier alpha value is -3.71. The number of amides is 2. The van der Waals surface area contributed by atoms with Crippen LogP contribution in [0.25, 0.3) is 0 Å². The van der Waals surface area contributed by atoms with Crippen molar-refractivity contribution in [1.82, 2.24) is 0 Å². The summed E-state index contributed by atoms with van der Waals surface area (Å²) in [5.41, 5.74) is 1.86. The van der Waals surface area contributed by atoms with Crippen LogP contribution in [0.15, 0.2) is 78.9 Å². The average molecular weight is 418 g/mol. The van der Waals surface area contributed by atoms with E-state index in [-0.39, 0.29) is 11.7 Å². The molecule has 0 radical (unpaired) electrons. The molecule has 0 unspecified atom stereocenters. The van der Waals surface area contributed by atoms with Crippen LogP contribution in [-0.2, 0) is 14.4 Å². The lowest BCUT2D eigenvalue weighted by Crippen LogP contribution is -2.37. The van der Waals surface area contributed by atoms with Gasteiger partial charge in [-0.2, -0.15) is 0 Å². The molecule has 0 saturated carbocycles. The number of ether oxygens (including phenoxy) is 1. The van der Waals surface area contributed by atoms with Crippen LogP contribution >= 0.6 is 0 Å². The lowest BCUT2D eigenvalue weighted by atomic mass is 9.90. The van der Waals surface area contributed by atoms with Gasteiger partial charge in [0.2, 0.25) is 5.91 Å². The van der Waals surface area contributed by atoms with E-state index in [1.54, 1.807) is 48.6 Å². The van der Waals surface area contributed by atoms with Gasteiger partial charge in [-0.1, -0.05) is 30.3 Å². The number of hydrogen-bond acceptors (Lipinski definition) is 5. The molecule has 156 valence electrons. The Bertz CT molecular complexity index is 1120. The van der Waals surface area contributed by atoms with Crippen molar-refractivity contribution in [2.45, 2.75) is 12.1 Å². The molecular weight excluding hydrogens is 399 g/mol. The monoisotopic (exact) mass is 418 g/mol. The van der Waals surface area contributed by atoms with E-state index in [9.17, 15) is 14.0 Å². The lowest BCUT2D eigenvalue weighted by Gasteiger charge is -2.28. The minimum absolute atomic E-state index is 0.354. The molecule has 2 aliphatic heterocycles. The van der Waals surface area contributed by atoms with Crippen molar-refractivity contribution in [2.24, 2.45) is 5.92 Å². The topological polar surface area (TPSA) is 59.1 Å². The smallest absolute Gasteiger partial charge is 0.266 e. The zero-order valence-corrected chi connectivity index (χ0v) is 16.6. The molecule has 0 aromatic heterocycles. The fourth-order valence-corrected chi connectivity index (χ4v) is 4.20. The molecule has 2 saturated heterocycles. The normalized spacial score (nSPS) is 22.7. The molecule has 2 aliphatic rings. The van der Waals surface area contributed by atoms with Crippen molar-refractivity contribution < 1.29 is 23.6 Å². The Balaban J connectivity index is 1.56. The van der Waals surface area contributed by atoms with Gasteiger partial charge in [0.1, 0.15) is 17.5 Å². The van der Waals surface area contributed by atoms with Crippen LogP contribution in [-0.4, -0.2) is 25.0 Å². The van der Waals surface area contributed by atoms with Gasteiger partial charge in [-0.15, -0.1) is 0 Å². The number of halogens is 1. The van der Waals surface area contributed by atoms with Gasteiger partial charge >= 0.3 is 0 Å². The first-order valence-electron chi connectivity index (χ1n) is 9.87. The summed E-state index contributed by atoms with van der Waals surface area (Å²) in [5.74, 6) is -1.29. The molecular formula is C24H19FN2O4. The number of methoxy groups -OCH3 is 1. The average Bonchev–Trinajstić information content (AvgIpc) is 3.31. The number of rotatable bonds is 4. The van der Waals surface area contributed by atoms with Gasteiger partial charge in [0, 0.05) is 0 Å². The second-order valence-electron chi connectivity index (χ2n) is 7.42. The Morgan fingerprint density at radius 3 is 2.16 bits per heavy atom. The van der Waals surface area contributed by atoms with Gasteiger partial charge in [0.25, 0.3) is 5.91 Å². The van der Waals surface area contributed by atoms with E-state index in [2.05, 4.69) is 0 Å². The van der Waals surface area contributed by atoms with Gasteiger partial charge in [-0.3, -0.25) is 14.4 Å². The quantitative estimate of drug-likeness (QED) is 0.602. The van der Waals surface area contributed by atoms with Crippen LogP contribution in [0.5, 0.6) is 5.75 Å². The molecule has 31 heavy (non-hydrogen) atoms. The molecule has 7 heteroatoms. The number of hydroxylamine groups is 1. The Kier molecular flexibility index (Phi) is 4.67. The maximum atomic E-state index is 13.6. The summed E-state index contributed by atoms with van der Waals surface area (Å²) in [5, 5.41) is 1.59. The predicted molar refractivity (Wildman–Crippen MR) is 112 cm³/mol. The molecule has 2 fully saturated rings. The number of hydrogen-bond donors (Lipinski definition) is 0. The molecule has 0 aliphatic carbocycles. The summed E-state index contributed by atoms with van der Waals surface area (Å²) >= 11 is 0. The van der Waals surface area contributed by atoms with Crippen LogP contribution in [0.3, 0.4) is 0 Å². The fourth-order valence-electron chi connectivity index (χ4n) is 4.20. The van der Waals surface area contributed by atoms with Crippen LogP contribution in [0.4, 0.5) is 15.8 Å². The van der Waals surface area contributed by atoms with E-state index in [1.165, 1.54) is 12.1 Å². The SMILES string of the molecule is COc1ccc(N2C(=O)[C@@H]3[C@H](ON(c4ccccc4)[C@H]3c3ccc(F)cc3)C2=O)cc1. The molecule has 3 aromatic carbocycles. The summed E-state index contributed by atoms with van der Waals surface area (Å²) in [6.45, 7) is 0. The first-order chi connectivity index (χ1) is 15.1. The van der Waals surface area contributed by atoms with E-state index in [0.29, 0.717) is 22.7 Å². The van der Waals surface area contributed by atoms with Crippen LogP contribution < -0.4 is 14.7 Å².